The molecule has 0 aliphatic heterocycles. The van der Waals surface area contributed by atoms with Crippen LogP contribution >= 0.6 is 0 Å². The van der Waals surface area contributed by atoms with Crippen molar-refractivity contribution in [2.75, 3.05) is 0 Å². The molecule has 3 heteroatoms. The number of carbonyl (C=O) groups is 1. The molecule has 0 saturated heterocycles. The zero-order chi connectivity index (χ0) is 18.4. The second-order valence-electron chi connectivity index (χ2n) is 6.84. The molecule has 2 aromatic rings. The monoisotopic (exact) mass is 339 g/mol. The van der Waals surface area contributed by atoms with Gasteiger partial charge in [-0.3, -0.25) is 4.79 Å². The molecule has 0 spiro atoms. The standard InChI is InChI=1S/C22H29NO2/c1-6-20(18-10-8-7-9-11-18)23-22(24)17(5)25-21-14-16(4)12-13-19(21)15(2)3/h7-15,17,20H,6H2,1-5H3,(H,23,24). The first-order valence-corrected chi connectivity index (χ1v) is 9.04. The third-order valence-electron chi connectivity index (χ3n) is 4.39. The Morgan fingerprint density at radius 2 is 1.76 bits per heavy atom. The molecular weight excluding hydrogens is 310 g/mol. The molecule has 25 heavy (non-hydrogen) atoms. The summed E-state index contributed by atoms with van der Waals surface area (Å²) >= 11 is 0. The van der Waals surface area contributed by atoms with Crippen molar-refractivity contribution in [3.05, 3.63) is 65.2 Å². The van der Waals surface area contributed by atoms with Crippen LogP contribution in [0.1, 0.15) is 62.8 Å². The van der Waals surface area contributed by atoms with E-state index in [4.69, 9.17) is 4.74 Å². The summed E-state index contributed by atoms with van der Waals surface area (Å²) in [6.07, 6.45) is 0.293. The van der Waals surface area contributed by atoms with Crippen molar-refractivity contribution in [3.8, 4) is 5.75 Å². The zero-order valence-electron chi connectivity index (χ0n) is 15.9. The Kier molecular flexibility index (Phi) is 6.63. The van der Waals surface area contributed by atoms with Crippen LogP contribution in [0.15, 0.2) is 48.5 Å². The first-order valence-electron chi connectivity index (χ1n) is 9.04. The molecule has 0 aliphatic carbocycles. The SMILES string of the molecule is CCC(NC(=O)C(C)Oc1cc(C)ccc1C(C)C)c1ccccc1. The minimum atomic E-state index is -0.544. The van der Waals surface area contributed by atoms with Crippen LogP contribution in [0.2, 0.25) is 0 Å². The molecule has 0 fully saturated rings. The van der Waals surface area contributed by atoms with Gasteiger partial charge in [-0.25, -0.2) is 0 Å². The summed E-state index contributed by atoms with van der Waals surface area (Å²) in [4.78, 5) is 12.6. The third-order valence-corrected chi connectivity index (χ3v) is 4.39. The molecule has 2 aromatic carbocycles. The van der Waals surface area contributed by atoms with E-state index < -0.39 is 6.10 Å². The van der Waals surface area contributed by atoms with Gasteiger partial charge in [0.1, 0.15) is 5.75 Å². The van der Waals surface area contributed by atoms with Gasteiger partial charge >= 0.3 is 0 Å². The largest absolute Gasteiger partial charge is 0.481 e. The molecule has 2 unspecified atom stereocenters. The van der Waals surface area contributed by atoms with Gasteiger partial charge in [0.05, 0.1) is 6.04 Å². The lowest BCUT2D eigenvalue weighted by Crippen LogP contribution is -2.38. The van der Waals surface area contributed by atoms with Gasteiger partial charge in [-0.2, -0.15) is 0 Å². The van der Waals surface area contributed by atoms with Gasteiger partial charge in [0.15, 0.2) is 6.10 Å². The highest BCUT2D eigenvalue weighted by atomic mass is 16.5. The number of amides is 1. The molecule has 0 bridgehead atoms. The molecule has 0 saturated carbocycles. The average molecular weight is 339 g/mol. The second-order valence-corrected chi connectivity index (χ2v) is 6.84. The predicted molar refractivity (Wildman–Crippen MR) is 103 cm³/mol. The first-order chi connectivity index (χ1) is 11.9. The summed E-state index contributed by atoms with van der Waals surface area (Å²) in [5.41, 5.74) is 3.37. The topological polar surface area (TPSA) is 38.3 Å². The maximum atomic E-state index is 12.6. The van der Waals surface area contributed by atoms with E-state index >= 15 is 0 Å². The summed E-state index contributed by atoms with van der Waals surface area (Å²) in [7, 11) is 0. The molecule has 3 nitrogen and oxygen atoms in total. The number of rotatable bonds is 7. The lowest BCUT2D eigenvalue weighted by molar-refractivity contribution is -0.128. The van der Waals surface area contributed by atoms with E-state index in [1.54, 1.807) is 6.92 Å². The summed E-state index contributed by atoms with van der Waals surface area (Å²) in [5.74, 6) is 1.05. The van der Waals surface area contributed by atoms with E-state index in [1.807, 2.05) is 43.3 Å². The maximum absolute atomic E-state index is 12.6. The minimum Gasteiger partial charge on any atom is -0.481 e. The number of benzene rings is 2. The van der Waals surface area contributed by atoms with Crippen molar-refractivity contribution < 1.29 is 9.53 Å². The van der Waals surface area contributed by atoms with Crippen molar-refractivity contribution in [1.82, 2.24) is 5.32 Å². The van der Waals surface area contributed by atoms with Crippen LogP contribution < -0.4 is 10.1 Å². The molecule has 2 rings (SSSR count). The van der Waals surface area contributed by atoms with Crippen molar-refractivity contribution in [3.63, 3.8) is 0 Å². The van der Waals surface area contributed by atoms with Crippen molar-refractivity contribution >= 4 is 5.91 Å². The fourth-order valence-electron chi connectivity index (χ4n) is 2.86. The van der Waals surface area contributed by atoms with E-state index in [0.29, 0.717) is 5.92 Å². The summed E-state index contributed by atoms with van der Waals surface area (Å²) < 4.78 is 6.02. The predicted octanol–water partition coefficient (Wildman–Crippen LogP) is 5.15. The highest BCUT2D eigenvalue weighted by Gasteiger charge is 2.20. The Bertz CT molecular complexity index is 694. The Hall–Kier alpha value is -2.29. The van der Waals surface area contributed by atoms with E-state index in [9.17, 15) is 4.79 Å². The van der Waals surface area contributed by atoms with Crippen molar-refractivity contribution in [1.29, 1.82) is 0 Å². The Balaban J connectivity index is 2.09. The molecule has 0 aliphatic rings. The number of aryl methyl sites for hydroxylation is 1. The van der Waals surface area contributed by atoms with E-state index in [2.05, 4.69) is 38.2 Å². The van der Waals surface area contributed by atoms with E-state index in [-0.39, 0.29) is 11.9 Å². The van der Waals surface area contributed by atoms with Gasteiger partial charge in [0, 0.05) is 0 Å². The third kappa shape index (κ3) is 5.09. The number of nitrogens with one attached hydrogen (secondary N) is 1. The minimum absolute atomic E-state index is 0.00169. The molecule has 2 atom stereocenters. The van der Waals surface area contributed by atoms with Gasteiger partial charge in [-0.1, -0.05) is 63.2 Å². The van der Waals surface area contributed by atoms with Crippen molar-refractivity contribution in [2.45, 2.75) is 59.1 Å². The van der Waals surface area contributed by atoms with Crippen LogP contribution in [0.3, 0.4) is 0 Å². The van der Waals surface area contributed by atoms with Crippen LogP contribution in [0, 0.1) is 6.92 Å². The maximum Gasteiger partial charge on any atom is 0.261 e. The Morgan fingerprint density at radius 3 is 2.36 bits per heavy atom. The van der Waals surface area contributed by atoms with Gasteiger partial charge < -0.3 is 10.1 Å². The second kappa shape index (κ2) is 8.70. The first kappa shape index (κ1) is 19.0. The van der Waals surface area contributed by atoms with Crippen LogP contribution in [0.4, 0.5) is 0 Å². The van der Waals surface area contributed by atoms with Crippen LogP contribution in [-0.4, -0.2) is 12.0 Å². The number of hydrogen-bond donors (Lipinski definition) is 1. The number of hydrogen-bond acceptors (Lipinski definition) is 2. The van der Waals surface area contributed by atoms with Gasteiger partial charge in [-0.15, -0.1) is 0 Å². The van der Waals surface area contributed by atoms with E-state index in [1.165, 1.54) is 0 Å². The van der Waals surface area contributed by atoms with Crippen molar-refractivity contribution in [2.24, 2.45) is 0 Å². The highest BCUT2D eigenvalue weighted by molar-refractivity contribution is 5.81. The Morgan fingerprint density at radius 1 is 1.08 bits per heavy atom. The van der Waals surface area contributed by atoms with E-state index in [0.717, 1.165) is 28.9 Å². The molecule has 0 heterocycles. The average Bonchev–Trinajstić information content (AvgIpc) is 2.59. The molecule has 134 valence electrons. The number of carbonyl (C=O) groups excluding carboxylic acids is 1. The molecular formula is C22H29NO2. The fourth-order valence-corrected chi connectivity index (χ4v) is 2.86. The highest BCUT2D eigenvalue weighted by Crippen LogP contribution is 2.28. The Labute approximate surface area is 151 Å². The van der Waals surface area contributed by atoms with Gasteiger partial charge in [0.25, 0.3) is 5.91 Å². The van der Waals surface area contributed by atoms with Crippen LogP contribution in [0.25, 0.3) is 0 Å². The fraction of sp³-hybridized carbons (Fsp3) is 0.409. The summed E-state index contributed by atoms with van der Waals surface area (Å²) in [5, 5.41) is 3.10. The van der Waals surface area contributed by atoms with Crippen LogP contribution in [-0.2, 0) is 4.79 Å². The molecule has 0 radical (unpaired) electrons. The number of ether oxygens (including phenoxy) is 1. The smallest absolute Gasteiger partial charge is 0.261 e. The lowest BCUT2D eigenvalue weighted by Gasteiger charge is -2.22. The molecule has 1 N–H and O–H groups in total. The molecule has 1 amide bonds. The quantitative estimate of drug-likeness (QED) is 0.757. The van der Waals surface area contributed by atoms with Gasteiger partial charge in [-0.05, 0) is 48.9 Å². The molecule has 0 aromatic heterocycles. The van der Waals surface area contributed by atoms with Gasteiger partial charge in [0.2, 0.25) is 0 Å². The summed E-state index contributed by atoms with van der Waals surface area (Å²) in [6, 6.07) is 16.2. The van der Waals surface area contributed by atoms with Crippen LogP contribution in [0.5, 0.6) is 5.75 Å². The lowest BCUT2D eigenvalue weighted by atomic mass is 10.0. The zero-order valence-corrected chi connectivity index (χ0v) is 15.9. The normalized spacial score (nSPS) is 13.4. The summed E-state index contributed by atoms with van der Waals surface area (Å²) in [6.45, 7) is 10.2.